The van der Waals surface area contributed by atoms with E-state index in [0.29, 0.717) is 0 Å². The lowest BCUT2D eigenvalue weighted by Crippen LogP contribution is -2.39. The van der Waals surface area contributed by atoms with E-state index < -0.39 is 0 Å². The van der Waals surface area contributed by atoms with Gasteiger partial charge in [0.15, 0.2) is 5.96 Å². The second-order valence-corrected chi connectivity index (χ2v) is 5.69. The summed E-state index contributed by atoms with van der Waals surface area (Å²) >= 11 is 0. The molecule has 0 aliphatic carbocycles. The molecule has 0 bridgehead atoms. The van der Waals surface area contributed by atoms with Crippen LogP contribution in [0.3, 0.4) is 0 Å². The lowest BCUT2D eigenvalue weighted by Gasteiger charge is -2.12. The Labute approximate surface area is 144 Å². The number of hydrogen-bond acceptors (Lipinski definition) is 5. The zero-order valence-electron chi connectivity index (χ0n) is 14.8. The molecule has 2 heterocycles. The van der Waals surface area contributed by atoms with Gasteiger partial charge in [-0.1, -0.05) is 6.92 Å². The number of guanidine groups is 1. The number of aromatic nitrogens is 3. The summed E-state index contributed by atoms with van der Waals surface area (Å²) in [5, 5.41) is 14.6. The van der Waals surface area contributed by atoms with E-state index in [4.69, 9.17) is 9.47 Å². The molecule has 136 valence electrons. The number of aryl methyl sites for hydroxylation is 1. The van der Waals surface area contributed by atoms with Gasteiger partial charge in [0.25, 0.3) is 0 Å². The number of aliphatic imine (C=N–C) groups is 1. The Morgan fingerprint density at radius 3 is 3.12 bits per heavy atom. The fourth-order valence-corrected chi connectivity index (χ4v) is 2.53. The molecule has 1 aliphatic rings. The molecule has 1 fully saturated rings. The third-order valence-electron chi connectivity index (χ3n) is 3.82. The van der Waals surface area contributed by atoms with E-state index in [1.165, 1.54) is 0 Å². The maximum absolute atomic E-state index is 5.75. The van der Waals surface area contributed by atoms with E-state index >= 15 is 0 Å². The van der Waals surface area contributed by atoms with Crippen molar-refractivity contribution in [3.8, 4) is 0 Å². The Morgan fingerprint density at radius 1 is 1.46 bits per heavy atom. The van der Waals surface area contributed by atoms with Crippen LogP contribution in [0.4, 0.5) is 0 Å². The number of hydrogen-bond donors (Lipinski definition) is 2. The first kappa shape index (κ1) is 18.7. The summed E-state index contributed by atoms with van der Waals surface area (Å²) in [6, 6.07) is 0. The Morgan fingerprint density at radius 2 is 2.38 bits per heavy atom. The van der Waals surface area contributed by atoms with Crippen LogP contribution in [0.5, 0.6) is 0 Å². The van der Waals surface area contributed by atoms with Crippen LogP contribution >= 0.6 is 0 Å². The molecular formula is C16H30N6O2. The summed E-state index contributed by atoms with van der Waals surface area (Å²) in [5.74, 6) is 1.85. The highest BCUT2D eigenvalue weighted by Gasteiger charge is 2.15. The second-order valence-electron chi connectivity index (χ2n) is 5.69. The monoisotopic (exact) mass is 338 g/mol. The van der Waals surface area contributed by atoms with Crippen molar-refractivity contribution in [3.63, 3.8) is 0 Å². The molecule has 1 atom stereocenters. The molecule has 24 heavy (non-hydrogen) atoms. The van der Waals surface area contributed by atoms with E-state index in [1.54, 1.807) is 6.33 Å². The topological polar surface area (TPSA) is 85.6 Å². The fourth-order valence-electron chi connectivity index (χ4n) is 2.53. The lowest BCUT2D eigenvalue weighted by atomic mass is 10.3. The molecular weight excluding hydrogens is 308 g/mol. The average Bonchev–Trinajstić information content (AvgIpc) is 3.25. The SMILES string of the molecule is CCNC(=NCCCOC1CCOC1)NCCn1cnnc1CC. The third-order valence-corrected chi connectivity index (χ3v) is 3.82. The summed E-state index contributed by atoms with van der Waals surface area (Å²) in [5.41, 5.74) is 0. The van der Waals surface area contributed by atoms with E-state index in [0.717, 1.165) is 77.0 Å². The highest BCUT2D eigenvalue weighted by Crippen LogP contribution is 2.08. The van der Waals surface area contributed by atoms with E-state index in [1.807, 2.05) is 0 Å². The molecule has 0 spiro atoms. The van der Waals surface area contributed by atoms with E-state index in [2.05, 4.69) is 44.2 Å². The van der Waals surface area contributed by atoms with Gasteiger partial charge < -0.3 is 24.7 Å². The lowest BCUT2D eigenvalue weighted by molar-refractivity contribution is 0.0424. The van der Waals surface area contributed by atoms with Crippen LogP contribution in [0.2, 0.25) is 0 Å². The largest absolute Gasteiger partial charge is 0.379 e. The second kappa shape index (κ2) is 11.0. The average molecular weight is 338 g/mol. The van der Waals surface area contributed by atoms with Crippen molar-refractivity contribution in [1.82, 2.24) is 25.4 Å². The van der Waals surface area contributed by atoms with Gasteiger partial charge in [0.1, 0.15) is 12.2 Å². The van der Waals surface area contributed by atoms with Crippen molar-refractivity contribution >= 4 is 5.96 Å². The van der Waals surface area contributed by atoms with Crippen LogP contribution in [0, 0.1) is 0 Å². The molecule has 0 radical (unpaired) electrons. The predicted molar refractivity (Wildman–Crippen MR) is 93.2 cm³/mol. The van der Waals surface area contributed by atoms with Crippen LogP contribution < -0.4 is 10.6 Å². The van der Waals surface area contributed by atoms with Crippen molar-refractivity contribution in [2.75, 3.05) is 39.5 Å². The summed E-state index contributed by atoms with van der Waals surface area (Å²) in [6.45, 7) is 9.63. The Balaban J connectivity index is 1.64. The molecule has 0 saturated carbocycles. The Hall–Kier alpha value is -1.67. The van der Waals surface area contributed by atoms with Gasteiger partial charge in [0, 0.05) is 45.8 Å². The first-order valence-electron chi connectivity index (χ1n) is 8.91. The van der Waals surface area contributed by atoms with Crippen molar-refractivity contribution in [2.45, 2.75) is 45.8 Å². The zero-order valence-corrected chi connectivity index (χ0v) is 14.8. The highest BCUT2D eigenvalue weighted by molar-refractivity contribution is 5.79. The van der Waals surface area contributed by atoms with Crippen LogP contribution in [-0.2, 0) is 22.4 Å². The molecule has 2 rings (SSSR count). The van der Waals surface area contributed by atoms with Crippen LogP contribution in [0.25, 0.3) is 0 Å². The van der Waals surface area contributed by atoms with Gasteiger partial charge in [-0.05, 0) is 19.8 Å². The van der Waals surface area contributed by atoms with Crippen molar-refractivity contribution in [3.05, 3.63) is 12.2 Å². The number of ether oxygens (including phenoxy) is 2. The van der Waals surface area contributed by atoms with Gasteiger partial charge in [-0.3, -0.25) is 4.99 Å². The normalized spacial score (nSPS) is 18.1. The Kier molecular flexibility index (Phi) is 8.54. The molecule has 1 aliphatic heterocycles. The van der Waals surface area contributed by atoms with E-state index in [9.17, 15) is 0 Å². The molecule has 8 heteroatoms. The smallest absolute Gasteiger partial charge is 0.191 e. The predicted octanol–water partition coefficient (Wildman–Crippen LogP) is 0.591. The van der Waals surface area contributed by atoms with Gasteiger partial charge in [0.05, 0.1) is 12.7 Å². The van der Waals surface area contributed by atoms with Gasteiger partial charge in [-0.2, -0.15) is 0 Å². The zero-order chi connectivity index (χ0) is 17.0. The molecule has 8 nitrogen and oxygen atoms in total. The Bertz CT molecular complexity index is 485. The molecule has 1 aromatic rings. The van der Waals surface area contributed by atoms with Crippen LogP contribution in [0.15, 0.2) is 11.3 Å². The number of rotatable bonds is 10. The van der Waals surface area contributed by atoms with Crippen molar-refractivity contribution in [2.24, 2.45) is 4.99 Å². The van der Waals surface area contributed by atoms with Gasteiger partial charge in [-0.25, -0.2) is 0 Å². The highest BCUT2D eigenvalue weighted by atomic mass is 16.5. The van der Waals surface area contributed by atoms with Crippen molar-refractivity contribution in [1.29, 1.82) is 0 Å². The van der Waals surface area contributed by atoms with Gasteiger partial charge in [0.2, 0.25) is 0 Å². The summed E-state index contributed by atoms with van der Waals surface area (Å²) in [4.78, 5) is 4.58. The third kappa shape index (κ3) is 6.45. The summed E-state index contributed by atoms with van der Waals surface area (Å²) in [7, 11) is 0. The number of nitrogens with zero attached hydrogens (tertiary/aromatic N) is 4. The molecule has 1 aromatic heterocycles. The summed E-state index contributed by atoms with van der Waals surface area (Å²) in [6.07, 6.45) is 4.86. The van der Waals surface area contributed by atoms with Crippen molar-refractivity contribution < 1.29 is 9.47 Å². The first-order valence-corrected chi connectivity index (χ1v) is 8.91. The standard InChI is InChI=1S/C16H30N6O2/c1-3-15-21-20-13-22(15)9-8-19-16(17-4-2)18-7-5-10-24-14-6-11-23-12-14/h13-14H,3-12H2,1-2H3,(H2,17,18,19). The molecule has 1 unspecified atom stereocenters. The molecule has 2 N–H and O–H groups in total. The minimum atomic E-state index is 0.275. The quantitative estimate of drug-likeness (QED) is 0.369. The maximum atomic E-state index is 5.75. The minimum Gasteiger partial charge on any atom is -0.379 e. The van der Waals surface area contributed by atoms with Gasteiger partial charge >= 0.3 is 0 Å². The van der Waals surface area contributed by atoms with Crippen LogP contribution in [-0.4, -0.2) is 66.3 Å². The number of nitrogens with one attached hydrogen (secondary N) is 2. The van der Waals surface area contributed by atoms with E-state index in [-0.39, 0.29) is 6.10 Å². The summed E-state index contributed by atoms with van der Waals surface area (Å²) < 4.78 is 13.1. The minimum absolute atomic E-state index is 0.275. The molecule has 0 amide bonds. The van der Waals surface area contributed by atoms with Crippen LogP contribution in [0.1, 0.15) is 32.5 Å². The molecule has 0 aromatic carbocycles. The first-order chi connectivity index (χ1) is 11.8. The molecule has 1 saturated heterocycles. The maximum Gasteiger partial charge on any atom is 0.191 e. The fraction of sp³-hybridized carbons (Fsp3) is 0.812. The van der Waals surface area contributed by atoms with Gasteiger partial charge in [-0.15, -0.1) is 10.2 Å².